The summed E-state index contributed by atoms with van der Waals surface area (Å²) in [6.45, 7) is 4.06. The molecule has 0 aliphatic rings. The van der Waals surface area contributed by atoms with Crippen LogP contribution in [0.1, 0.15) is 37.7 Å². The first-order chi connectivity index (χ1) is 7.74. The number of nitrogens with one attached hydrogen (secondary N) is 1. The number of imidazole rings is 1. The molecule has 0 atom stereocenters. The number of aromatic amines is 1. The maximum absolute atomic E-state index is 11.7. The van der Waals surface area contributed by atoms with Crippen LogP contribution >= 0.6 is 0 Å². The zero-order valence-corrected chi connectivity index (χ0v) is 9.66. The van der Waals surface area contributed by atoms with E-state index in [-0.39, 0.29) is 5.69 Å². The van der Waals surface area contributed by atoms with Gasteiger partial charge in [-0.15, -0.1) is 0 Å². The number of nitrogens with zero attached hydrogens (tertiary/aromatic N) is 3. The van der Waals surface area contributed by atoms with Gasteiger partial charge in [0.15, 0.2) is 0 Å². The minimum atomic E-state index is -0.204. The quantitative estimate of drug-likeness (QED) is 0.793. The Kier molecular flexibility index (Phi) is 3.03. The van der Waals surface area contributed by atoms with Crippen LogP contribution in [0.5, 0.6) is 0 Å². The second-order valence-corrected chi connectivity index (χ2v) is 3.97. The third kappa shape index (κ3) is 1.85. The molecule has 0 bridgehead atoms. The van der Waals surface area contributed by atoms with E-state index >= 15 is 0 Å². The van der Waals surface area contributed by atoms with Crippen LogP contribution in [0.2, 0.25) is 0 Å². The molecule has 2 aromatic heterocycles. The van der Waals surface area contributed by atoms with Crippen molar-refractivity contribution in [1.82, 2.24) is 19.6 Å². The molecule has 2 heterocycles. The standard InChI is InChI=1S/C11H16N4O/c1-3-4-5-6-10-13-8(2)9-7-12-14-11(16)15(9)10/h7H,3-6H2,1-2H3,(H,14,16). The van der Waals surface area contributed by atoms with Gasteiger partial charge in [-0.3, -0.25) is 0 Å². The molecule has 5 heteroatoms. The average molecular weight is 220 g/mol. The highest BCUT2D eigenvalue weighted by molar-refractivity contribution is 5.49. The van der Waals surface area contributed by atoms with Crippen LogP contribution in [0.25, 0.3) is 5.52 Å². The minimum Gasteiger partial charge on any atom is -0.246 e. The van der Waals surface area contributed by atoms with E-state index in [0.29, 0.717) is 0 Å². The third-order valence-electron chi connectivity index (χ3n) is 2.72. The fourth-order valence-corrected chi connectivity index (χ4v) is 1.88. The smallest absolute Gasteiger partial charge is 0.246 e. The van der Waals surface area contributed by atoms with Crippen molar-refractivity contribution in [3.05, 3.63) is 28.2 Å². The Labute approximate surface area is 93.5 Å². The number of hydrogen-bond acceptors (Lipinski definition) is 3. The summed E-state index contributed by atoms with van der Waals surface area (Å²) in [7, 11) is 0. The third-order valence-corrected chi connectivity index (χ3v) is 2.72. The Morgan fingerprint density at radius 3 is 3.00 bits per heavy atom. The number of aromatic nitrogens is 4. The number of aryl methyl sites for hydroxylation is 2. The molecule has 0 amide bonds. The molecular formula is C11H16N4O. The lowest BCUT2D eigenvalue weighted by molar-refractivity contribution is 0.684. The lowest BCUT2D eigenvalue weighted by atomic mass is 10.2. The van der Waals surface area contributed by atoms with E-state index in [1.807, 2.05) is 6.92 Å². The van der Waals surface area contributed by atoms with Crippen LogP contribution in [0, 0.1) is 6.92 Å². The van der Waals surface area contributed by atoms with Crippen molar-refractivity contribution in [2.75, 3.05) is 0 Å². The summed E-state index contributed by atoms with van der Waals surface area (Å²) >= 11 is 0. The SMILES string of the molecule is CCCCCc1nc(C)c2cn[nH]c(=O)n12. The van der Waals surface area contributed by atoms with Crippen LogP contribution in [0.3, 0.4) is 0 Å². The van der Waals surface area contributed by atoms with Gasteiger partial charge in [0.25, 0.3) is 0 Å². The summed E-state index contributed by atoms with van der Waals surface area (Å²) in [6, 6.07) is 0. The van der Waals surface area contributed by atoms with Crippen LogP contribution in [-0.2, 0) is 6.42 Å². The van der Waals surface area contributed by atoms with Gasteiger partial charge in [-0.1, -0.05) is 19.8 Å². The van der Waals surface area contributed by atoms with Gasteiger partial charge in [-0.25, -0.2) is 19.3 Å². The van der Waals surface area contributed by atoms with Crippen molar-refractivity contribution in [1.29, 1.82) is 0 Å². The fraction of sp³-hybridized carbons (Fsp3) is 0.545. The van der Waals surface area contributed by atoms with Crippen molar-refractivity contribution in [3.8, 4) is 0 Å². The van der Waals surface area contributed by atoms with Crippen LogP contribution in [0.4, 0.5) is 0 Å². The van der Waals surface area contributed by atoms with Gasteiger partial charge in [-0.05, 0) is 13.3 Å². The van der Waals surface area contributed by atoms with Crippen molar-refractivity contribution < 1.29 is 0 Å². The number of unbranched alkanes of at least 4 members (excludes halogenated alkanes) is 2. The molecule has 1 N–H and O–H groups in total. The Balaban J connectivity index is 2.42. The van der Waals surface area contributed by atoms with E-state index in [1.54, 1.807) is 10.6 Å². The second kappa shape index (κ2) is 4.47. The highest BCUT2D eigenvalue weighted by atomic mass is 16.1. The summed E-state index contributed by atoms with van der Waals surface area (Å²) in [5.74, 6) is 0.838. The van der Waals surface area contributed by atoms with E-state index in [9.17, 15) is 4.79 Å². The Bertz CT molecular complexity index is 540. The van der Waals surface area contributed by atoms with Crippen LogP contribution in [0.15, 0.2) is 11.0 Å². The van der Waals surface area contributed by atoms with Crippen molar-refractivity contribution in [3.63, 3.8) is 0 Å². The Morgan fingerprint density at radius 2 is 2.25 bits per heavy atom. The maximum atomic E-state index is 11.7. The maximum Gasteiger partial charge on any atom is 0.347 e. The summed E-state index contributed by atoms with van der Waals surface area (Å²) in [5.41, 5.74) is 1.46. The topological polar surface area (TPSA) is 63.0 Å². The molecular weight excluding hydrogens is 204 g/mol. The molecule has 0 aliphatic carbocycles. The normalized spacial score (nSPS) is 11.1. The summed E-state index contributed by atoms with van der Waals surface area (Å²) in [4.78, 5) is 16.1. The number of fused-ring (bicyclic) bond motifs is 1. The lowest BCUT2D eigenvalue weighted by Crippen LogP contribution is -2.19. The zero-order valence-electron chi connectivity index (χ0n) is 9.66. The van der Waals surface area contributed by atoms with Gasteiger partial charge in [0.1, 0.15) is 5.82 Å². The summed E-state index contributed by atoms with van der Waals surface area (Å²) in [5, 5.41) is 6.22. The van der Waals surface area contributed by atoms with Gasteiger partial charge in [-0.2, -0.15) is 5.10 Å². The Hall–Kier alpha value is -1.65. The van der Waals surface area contributed by atoms with Crippen molar-refractivity contribution in [2.24, 2.45) is 0 Å². The highest BCUT2D eigenvalue weighted by Crippen LogP contribution is 2.10. The highest BCUT2D eigenvalue weighted by Gasteiger charge is 2.09. The molecule has 0 saturated carbocycles. The molecule has 0 radical (unpaired) electrons. The first kappa shape index (κ1) is 10.9. The number of H-pyrrole nitrogens is 1. The minimum absolute atomic E-state index is 0.204. The van der Waals surface area contributed by atoms with Crippen molar-refractivity contribution >= 4 is 5.52 Å². The molecule has 0 spiro atoms. The molecule has 0 saturated heterocycles. The van der Waals surface area contributed by atoms with Crippen LogP contribution in [-0.4, -0.2) is 19.6 Å². The molecule has 16 heavy (non-hydrogen) atoms. The molecule has 0 aliphatic heterocycles. The molecule has 5 nitrogen and oxygen atoms in total. The largest absolute Gasteiger partial charge is 0.347 e. The number of rotatable bonds is 4. The van der Waals surface area contributed by atoms with Gasteiger partial charge in [0, 0.05) is 6.42 Å². The van der Waals surface area contributed by atoms with E-state index in [4.69, 9.17) is 0 Å². The Morgan fingerprint density at radius 1 is 1.44 bits per heavy atom. The van der Waals surface area contributed by atoms with E-state index in [1.165, 1.54) is 6.42 Å². The fourth-order valence-electron chi connectivity index (χ4n) is 1.88. The molecule has 2 aromatic rings. The van der Waals surface area contributed by atoms with Gasteiger partial charge >= 0.3 is 5.69 Å². The molecule has 0 unspecified atom stereocenters. The predicted molar refractivity (Wildman–Crippen MR) is 61.6 cm³/mol. The zero-order chi connectivity index (χ0) is 11.5. The van der Waals surface area contributed by atoms with Gasteiger partial charge in [0.05, 0.1) is 17.4 Å². The molecule has 0 fully saturated rings. The monoisotopic (exact) mass is 220 g/mol. The number of hydrogen-bond donors (Lipinski definition) is 1. The summed E-state index contributed by atoms with van der Waals surface area (Å²) < 4.78 is 1.62. The van der Waals surface area contributed by atoms with E-state index < -0.39 is 0 Å². The summed E-state index contributed by atoms with van der Waals surface area (Å²) in [6.07, 6.45) is 5.89. The second-order valence-electron chi connectivity index (χ2n) is 3.97. The van der Waals surface area contributed by atoms with E-state index in [2.05, 4.69) is 22.1 Å². The molecule has 86 valence electrons. The average Bonchev–Trinajstić information content (AvgIpc) is 2.58. The first-order valence-corrected chi connectivity index (χ1v) is 5.65. The lowest BCUT2D eigenvalue weighted by Gasteiger charge is -1.98. The van der Waals surface area contributed by atoms with Gasteiger partial charge in [0.2, 0.25) is 0 Å². The van der Waals surface area contributed by atoms with E-state index in [0.717, 1.165) is 36.3 Å². The van der Waals surface area contributed by atoms with Gasteiger partial charge < -0.3 is 0 Å². The predicted octanol–water partition coefficient (Wildman–Crippen LogP) is 1.46. The van der Waals surface area contributed by atoms with Crippen molar-refractivity contribution in [2.45, 2.75) is 39.5 Å². The van der Waals surface area contributed by atoms with Crippen LogP contribution < -0.4 is 5.69 Å². The molecule has 0 aromatic carbocycles. The first-order valence-electron chi connectivity index (χ1n) is 5.65. The molecule has 2 rings (SSSR count).